The molecule has 0 aromatic heterocycles. The predicted molar refractivity (Wildman–Crippen MR) is 145 cm³/mol. The Kier molecular flexibility index (Phi) is 8.26. The molecular weight excluding hydrogens is 543 g/mol. The Labute approximate surface area is 227 Å². The summed E-state index contributed by atoms with van der Waals surface area (Å²) in [4.78, 5) is 38.9. The van der Waals surface area contributed by atoms with E-state index in [2.05, 4.69) is 5.32 Å². The van der Waals surface area contributed by atoms with Crippen LogP contribution in [-0.2, 0) is 16.1 Å². The van der Waals surface area contributed by atoms with E-state index in [1.165, 1.54) is 4.90 Å². The molecule has 184 valence electrons. The maximum atomic E-state index is 12.8. The highest BCUT2D eigenvalue weighted by Gasteiger charge is 2.35. The molecule has 1 aliphatic rings. The van der Waals surface area contributed by atoms with Crippen molar-refractivity contribution in [1.82, 2.24) is 4.90 Å². The molecule has 0 spiro atoms. The van der Waals surface area contributed by atoms with Crippen LogP contribution < -0.4 is 10.1 Å². The fraction of sp³-hybridized carbons (Fsp3) is 0.115. The Morgan fingerprint density at radius 2 is 1.83 bits per heavy atom. The van der Waals surface area contributed by atoms with Gasteiger partial charge in [0.05, 0.1) is 16.5 Å². The van der Waals surface area contributed by atoms with Crippen LogP contribution in [-0.4, -0.2) is 28.6 Å². The van der Waals surface area contributed by atoms with E-state index in [-0.39, 0.29) is 34.2 Å². The molecule has 1 N–H and O–H groups in total. The zero-order valence-corrected chi connectivity index (χ0v) is 22.0. The summed E-state index contributed by atoms with van der Waals surface area (Å²) in [6.07, 6.45) is 1.59. The van der Waals surface area contributed by atoms with Crippen molar-refractivity contribution >= 4 is 75.4 Å². The number of thioether (sulfide) groups is 1. The third-order valence-electron chi connectivity index (χ3n) is 5.17. The number of rotatable bonds is 7. The second-order valence-electron chi connectivity index (χ2n) is 7.89. The molecule has 4 rings (SSSR count). The fourth-order valence-electron chi connectivity index (χ4n) is 3.34. The summed E-state index contributed by atoms with van der Waals surface area (Å²) < 4.78 is 5.54. The van der Waals surface area contributed by atoms with Crippen molar-refractivity contribution in [2.24, 2.45) is 0 Å². The van der Waals surface area contributed by atoms with E-state index in [1.807, 2.05) is 6.92 Å². The van der Waals surface area contributed by atoms with E-state index in [0.717, 1.165) is 22.9 Å². The second kappa shape index (κ2) is 11.4. The number of ether oxygens (including phenoxy) is 1. The van der Waals surface area contributed by atoms with Crippen molar-refractivity contribution in [2.45, 2.75) is 13.5 Å². The molecule has 0 saturated carbocycles. The molecule has 3 aromatic rings. The lowest BCUT2D eigenvalue weighted by Gasteiger charge is -2.12. The number of hydrogen-bond donors (Lipinski definition) is 1. The number of anilines is 1. The van der Waals surface area contributed by atoms with Gasteiger partial charge in [0, 0.05) is 15.7 Å². The van der Waals surface area contributed by atoms with E-state index in [1.54, 1.807) is 66.7 Å². The number of hydrogen-bond acceptors (Lipinski definition) is 5. The van der Waals surface area contributed by atoms with Crippen LogP contribution >= 0.6 is 46.6 Å². The molecule has 1 saturated heterocycles. The van der Waals surface area contributed by atoms with Gasteiger partial charge in [-0.3, -0.25) is 19.3 Å². The number of nitrogens with zero attached hydrogens (tertiary/aromatic N) is 1. The molecule has 0 bridgehead atoms. The van der Waals surface area contributed by atoms with Gasteiger partial charge in [0.2, 0.25) is 0 Å². The normalized spacial score (nSPS) is 14.4. The monoisotopic (exact) mass is 560 g/mol. The van der Waals surface area contributed by atoms with Crippen molar-refractivity contribution in [3.8, 4) is 5.75 Å². The lowest BCUT2D eigenvalue weighted by molar-refractivity contribution is -0.123. The van der Waals surface area contributed by atoms with Gasteiger partial charge in [-0.2, -0.15) is 0 Å². The molecule has 6 nitrogen and oxygen atoms in total. The van der Waals surface area contributed by atoms with Crippen LogP contribution in [0.3, 0.4) is 0 Å². The van der Waals surface area contributed by atoms with Crippen molar-refractivity contribution in [2.75, 3.05) is 11.9 Å². The zero-order chi connectivity index (χ0) is 25.8. The summed E-state index contributed by atoms with van der Waals surface area (Å²) in [7, 11) is 0. The van der Waals surface area contributed by atoms with Crippen LogP contribution in [0.15, 0.2) is 65.6 Å². The maximum Gasteiger partial charge on any atom is 0.293 e. The van der Waals surface area contributed by atoms with Gasteiger partial charge in [0.25, 0.3) is 17.1 Å². The lowest BCUT2D eigenvalue weighted by Crippen LogP contribution is -2.27. The van der Waals surface area contributed by atoms with E-state index in [4.69, 9.17) is 39.5 Å². The number of imide groups is 1. The Bertz CT molecular complexity index is 1390. The number of amides is 3. The maximum absolute atomic E-state index is 12.8. The standard InChI is InChI=1S/C26H19Cl3N2O4S/c1-15-5-7-19(12-20(15)28)30-24(32)14-35-22-8-6-16(10-21(22)29)11-23-25(33)31(26(34)36-23)13-17-3-2-4-18(27)9-17/h2-12H,13-14H2,1H3,(H,30,32)/b23-11-. The van der Waals surface area contributed by atoms with Crippen LogP contribution in [0.5, 0.6) is 5.75 Å². The Hall–Kier alpha value is -2.97. The minimum atomic E-state index is -0.394. The van der Waals surface area contributed by atoms with Gasteiger partial charge in [-0.25, -0.2) is 0 Å². The second-order valence-corrected chi connectivity index (χ2v) is 10.1. The predicted octanol–water partition coefficient (Wildman–Crippen LogP) is 7.21. The van der Waals surface area contributed by atoms with Gasteiger partial charge in [-0.1, -0.05) is 59.1 Å². The van der Waals surface area contributed by atoms with Crippen LogP contribution in [0.25, 0.3) is 6.08 Å². The van der Waals surface area contributed by atoms with Crippen LogP contribution in [0.4, 0.5) is 10.5 Å². The van der Waals surface area contributed by atoms with E-state index in [0.29, 0.717) is 27.0 Å². The minimum absolute atomic E-state index is 0.132. The third kappa shape index (κ3) is 6.42. The zero-order valence-electron chi connectivity index (χ0n) is 18.9. The first-order valence-electron chi connectivity index (χ1n) is 10.7. The van der Waals surface area contributed by atoms with Gasteiger partial charge in [-0.05, 0) is 77.9 Å². The van der Waals surface area contributed by atoms with E-state index >= 15 is 0 Å². The van der Waals surface area contributed by atoms with E-state index in [9.17, 15) is 14.4 Å². The van der Waals surface area contributed by atoms with Crippen LogP contribution in [0, 0.1) is 6.92 Å². The quantitative estimate of drug-likeness (QED) is 0.309. The van der Waals surface area contributed by atoms with Gasteiger partial charge < -0.3 is 10.1 Å². The molecule has 1 heterocycles. The smallest absolute Gasteiger partial charge is 0.293 e. The number of aryl methyl sites for hydroxylation is 1. The Morgan fingerprint density at radius 1 is 1.03 bits per heavy atom. The molecule has 0 aliphatic carbocycles. The van der Waals surface area contributed by atoms with Crippen molar-refractivity contribution in [1.29, 1.82) is 0 Å². The van der Waals surface area contributed by atoms with Crippen molar-refractivity contribution in [3.05, 3.63) is 97.3 Å². The topological polar surface area (TPSA) is 75.7 Å². The summed E-state index contributed by atoms with van der Waals surface area (Å²) in [5.41, 5.74) is 2.83. The molecule has 1 aliphatic heterocycles. The van der Waals surface area contributed by atoms with Crippen molar-refractivity contribution < 1.29 is 19.1 Å². The number of benzene rings is 3. The number of carbonyl (C=O) groups is 3. The summed E-state index contributed by atoms with van der Waals surface area (Å²) in [5, 5.41) is 3.68. The Balaban J connectivity index is 1.38. The SMILES string of the molecule is Cc1ccc(NC(=O)COc2ccc(/C=C3\SC(=O)N(Cc4cccc(Cl)c4)C3=O)cc2Cl)cc1Cl. The van der Waals surface area contributed by atoms with Gasteiger partial charge in [-0.15, -0.1) is 0 Å². The highest BCUT2D eigenvalue weighted by atomic mass is 35.5. The number of nitrogens with one attached hydrogen (secondary N) is 1. The van der Waals surface area contributed by atoms with Crippen LogP contribution in [0.1, 0.15) is 16.7 Å². The lowest BCUT2D eigenvalue weighted by atomic mass is 10.2. The molecule has 0 radical (unpaired) electrons. The Morgan fingerprint density at radius 3 is 2.56 bits per heavy atom. The summed E-state index contributed by atoms with van der Waals surface area (Å²) in [6.45, 7) is 1.74. The summed E-state index contributed by atoms with van der Waals surface area (Å²) in [5.74, 6) is -0.460. The molecular formula is C26H19Cl3N2O4S. The third-order valence-corrected chi connectivity index (χ3v) is 7.02. The highest BCUT2D eigenvalue weighted by Crippen LogP contribution is 2.35. The minimum Gasteiger partial charge on any atom is -0.482 e. The number of carbonyl (C=O) groups excluding carboxylic acids is 3. The molecule has 1 fully saturated rings. The fourth-order valence-corrected chi connectivity index (χ4v) is 4.82. The largest absolute Gasteiger partial charge is 0.482 e. The number of halogens is 3. The van der Waals surface area contributed by atoms with Gasteiger partial charge in [0.15, 0.2) is 6.61 Å². The highest BCUT2D eigenvalue weighted by molar-refractivity contribution is 8.18. The first-order chi connectivity index (χ1) is 17.2. The average Bonchev–Trinajstić information content (AvgIpc) is 3.08. The van der Waals surface area contributed by atoms with Crippen LogP contribution in [0.2, 0.25) is 15.1 Å². The molecule has 3 amide bonds. The summed E-state index contributed by atoms with van der Waals surface area (Å²) in [6, 6.07) is 17.1. The van der Waals surface area contributed by atoms with Gasteiger partial charge in [0.1, 0.15) is 5.75 Å². The summed E-state index contributed by atoms with van der Waals surface area (Å²) >= 11 is 19.3. The molecule has 3 aromatic carbocycles. The molecule has 0 unspecified atom stereocenters. The average molecular weight is 562 g/mol. The van der Waals surface area contributed by atoms with E-state index < -0.39 is 5.91 Å². The molecule has 0 atom stereocenters. The molecule has 36 heavy (non-hydrogen) atoms. The molecule has 10 heteroatoms. The first kappa shape index (κ1) is 26.1. The first-order valence-corrected chi connectivity index (χ1v) is 12.6. The van der Waals surface area contributed by atoms with Crippen molar-refractivity contribution in [3.63, 3.8) is 0 Å². The van der Waals surface area contributed by atoms with Gasteiger partial charge >= 0.3 is 0 Å².